The lowest BCUT2D eigenvalue weighted by atomic mass is 10.1. The first-order chi connectivity index (χ1) is 9.47. The van der Waals surface area contributed by atoms with Gasteiger partial charge in [0.2, 0.25) is 0 Å². The average Bonchev–Trinajstić information content (AvgIpc) is 2.43. The van der Waals surface area contributed by atoms with Gasteiger partial charge in [-0.1, -0.05) is 24.3 Å². The minimum atomic E-state index is -3.35. The molecule has 0 amide bonds. The summed E-state index contributed by atoms with van der Waals surface area (Å²) in [5.41, 5.74) is 0.997. The number of sulfone groups is 1. The molecule has 2 aromatic rings. The molecule has 2 rings (SSSR count). The predicted octanol–water partition coefficient (Wildman–Crippen LogP) is 2.70. The van der Waals surface area contributed by atoms with Crippen LogP contribution in [0.25, 0.3) is 10.8 Å². The SMILES string of the molecule is C#CCCS(=O)(=O)c1cccc2c(N(C)C)cccc12. The van der Waals surface area contributed by atoms with E-state index in [2.05, 4.69) is 5.92 Å². The van der Waals surface area contributed by atoms with E-state index in [-0.39, 0.29) is 12.2 Å². The van der Waals surface area contributed by atoms with E-state index < -0.39 is 9.84 Å². The number of benzene rings is 2. The second-order valence-electron chi connectivity index (χ2n) is 4.80. The van der Waals surface area contributed by atoms with Crippen molar-refractivity contribution in [3.63, 3.8) is 0 Å². The first kappa shape index (κ1) is 14.4. The van der Waals surface area contributed by atoms with Gasteiger partial charge in [-0.25, -0.2) is 8.42 Å². The third-order valence-corrected chi connectivity index (χ3v) is 4.96. The molecule has 0 saturated carbocycles. The number of rotatable bonds is 4. The van der Waals surface area contributed by atoms with Crippen LogP contribution in [-0.2, 0) is 9.84 Å². The molecule has 0 N–H and O–H groups in total. The smallest absolute Gasteiger partial charge is 0.179 e. The molecule has 20 heavy (non-hydrogen) atoms. The summed E-state index contributed by atoms with van der Waals surface area (Å²) < 4.78 is 24.8. The van der Waals surface area contributed by atoms with Gasteiger partial charge >= 0.3 is 0 Å². The number of hydrogen-bond acceptors (Lipinski definition) is 3. The highest BCUT2D eigenvalue weighted by Gasteiger charge is 2.17. The van der Waals surface area contributed by atoms with Crippen LogP contribution in [0.4, 0.5) is 5.69 Å². The van der Waals surface area contributed by atoms with E-state index in [1.807, 2.05) is 43.3 Å². The monoisotopic (exact) mass is 287 g/mol. The number of anilines is 1. The van der Waals surface area contributed by atoms with Crippen molar-refractivity contribution in [3.8, 4) is 12.3 Å². The maximum Gasteiger partial charge on any atom is 0.179 e. The molecule has 0 aliphatic carbocycles. The van der Waals surface area contributed by atoms with Gasteiger partial charge in [0, 0.05) is 37.0 Å². The van der Waals surface area contributed by atoms with Crippen LogP contribution in [0.2, 0.25) is 0 Å². The van der Waals surface area contributed by atoms with Crippen molar-refractivity contribution >= 4 is 26.3 Å². The van der Waals surface area contributed by atoms with E-state index in [0.717, 1.165) is 16.5 Å². The largest absolute Gasteiger partial charge is 0.377 e. The van der Waals surface area contributed by atoms with Gasteiger partial charge in [0.25, 0.3) is 0 Å². The first-order valence-corrected chi connectivity index (χ1v) is 7.98. The van der Waals surface area contributed by atoms with Crippen molar-refractivity contribution in [1.29, 1.82) is 0 Å². The molecule has 0 aliphatic rings. The van der Waals surface area contributed by atoms with E-state index in [9.17, 15) is 8.42 Å². The molecule has 0 aliphatic heterocycles. The van der Waals surface area contributed by atoms with Crippen LogP contribution >= 0.6 is 0 Å². The van der Waals surface area contributed by atoms with Gasteiger partial charge in [-0.05, 0) is 12.1 Å². The number of nitrogens with zero attached hydrogens (tertiary/aromatic N) is 1. The molecule has 3 nitrogen and oxygen atoms in total. The molecule has 0 aromatic heterocycles. The summed E-state index contributed by atoms with van der Waals surface area (Å²) in [5.74, 6) is 2.36. The molecule has 104 valence electrons. The standard InChI is InChI=1S/C16H17NO2S/c1-4-5-12-20(18,19)16-11-7-8-13-14(16)9-6-10-15(13)17(2)3/h1,6-11H,5,12H2,2-3H3. The highest BCUT2D eigenvalue weighted by Crippen LogP contribution is 2.30. The zero-order chi connectivity index (χ0) is 14.8. The second kappa shape index (κ2) is 5.56. The number of terminal acetylenes is 1. The van der Waals surface area contributed by atoms with Crippen molar-refractivity contribution in [1.82, 2.24) is 0 Å². The van der Waals surface area contributed by atoms with Crippen LogP contribution in [0.15, 0.2) is 41.3 Å². The van der Waals surface area contributed by atoms with Crippen LogP contribution in [0, 0.1) is 12.3 Å². The molecular weight excluding hydrogens is 270 g/mol. The lowest BCUT2D eigenvalue weighted by Crippen LogP contribution is -2.10. The predicted molar refractivity (Wildman–Crippen MR) is 83.8 cm³/mol. The summed E-state index contributed by atoms with van der Waals surface area (Å²) in [6.07, 6.45) is 5.40. The third-order valence-electron chi connectivity index (χ3n) is 3.19. The summed E-state index contributed by atoms with van der Waals surface area (Å²) in [6, 6.07) is 11.0. The van der Waals surface area contributed by atoms with Crippen LogP contribution in [-0.4, -0.2) is 28.3 Å². The molecule has 0 radical (unpaired) electrons. The Morgan fingerprint density at radius 3 is 2.40 bits per heavy atom. The minimum Gasteiger partial charge on any atom is -0.377 e. The Hall–Kier alpha value is -1.99. The van der Waals surface area contributed by atoms with Crippen molar-refractivity contribution in [2.45, 2.75) is 11.3 Å². The maximum atomic E-state index is 12.4. The Labute approximate surface area is 120 Å². The highest BCUT2D eigenvalue weighted by atomic mass is 32.2. The molecular formula is C16H17NO2S. The lowest BCUT2D eigenvalue weighted by molar-refractivity contribution is 0.597. The van der Waals surface area contributed by atoms with Crippen molar-refractivity contribution in [2.75, 3.05) is 24.7 Å². The summed E-state index contributed by atoms with van der Waals surface area (Å²) in [5, 5.41) is 1.68. The molecule has 0 unspecified atom stereocenters. The van der Waals surface area contributed by atoms with Crippen LogP contribution in [0.1, 0.15) is 6.42 Å². The fourth-order valence-corrected chi connectivity index (χ4v) is 3.63. The first-order valence-electron chi connectivity index (χ1n) is 6.32. The molecule has 0 atom stereocenters. The summed E-state index contributed by atoms with van der Waals surface area (Å²) in [4.78, 5) is 2.33. The van der Waals surface area contributed by atoms with Gasteiger partial charge in [0.05, 0.1) is 10.6 Å². The van der Waals surface area contributed by atoms with Crippen molar-refractivity contribution < 1.29 is 8.42 Å². The third kappa shape index (κ3) is 2.63. The molecule has 0 bridgehead atoms. The van der Waals surface area contributed by atoms with Gasteiger partial charge in [-0.15, -0.1) is 12.3 Å². The topological polar surface area (TPSA) is 37.4 Å². The van der Waals surface area contributed by atoms with E-state index in [0.29, 0.717) is 4.90 Å². The molecule has 0 spiro atoms. The van der Waals surface area contributed by atoms with E-state index in [1.165, 1.54) is 0 Å². The fourth-order valence-electron chi connectivity index (χ4n) is 2.23. The summed E-state index contributed by atoms with van der Waals surface area (Å²) in [7, 11) is 0.525. The molecule has 2 aromatic carbocycles. The lowest BCUT2D eigenvalue weighted by Gasteiger charge is -2.16. The zero-order valence-corrected chi connectivity index (χ0v) is 12.4. The Balaban J connectivity index is 2.68. The Bertz CT molecular complexity index is 771. The molecule has 0 fully saturated rings. The molecule has 4 heteroatoms. The van der Waals surface area contributed by atoms with Crippen LogP contribution in [0.3, 0.4) is 0 Å². The fraction of sp³-hybridized carbons (Fsp3) is 0.250. The Morgan fingerprint density at radius 1 is 1.10 bits per heavy atom. The normalized spacial score (nSPS) is 11.2. The van der Waals surface area contributed by atoms with Crippen molar-refractivity contribution in [2.24, 2.45) is 0 Å². The van der Waals surface area contributed by atoms with Crippen molar-refractivity contribution in [3.05, 3.63) is 36.4 Å². The number of fused-ring (bicyclic) bond motifs is 1. The molecule has 0 heterocycles. The van der Waals surface area contributed by atoms with Crippen LogP contribution in [0.5, 0.6) is 0 Å². The van der Waals surface area contributed by atoms with Gasteiger partial charge in [0.1, 0.15) is 0 Å². The Kier molecular flexibility index (Phi) is 4.01. The van der Waals surface area contributed by atoms with E-state index in [1.54, 1.807) is 12.1 Å². The van der Waals surface area contributed by atoms with E-state index in [4.69, 9.17) is 6.42 Å². The quantitative estimate of drug-likeness (QED) is 0.811. The summed E-state index contributed by atoms with van der Waals surface area (Å²) in [6.45, 7) is 0. The number of hydrogen-bond donors (Lipinski definition) is 0. The average molecular weight is 287 g/mol. The summed E-state index contributed by atoms with van der Waals surface area (Å²) >= 11 is 0. The highest BCUT2D eigenvalue weighted by molar-refractivity contribution is 7.91. The van der Waals surface area contributed by atoms with Crippen LogP contribution < -0.4 is 4.90 Å². The Morgan fingerprint density at radius 2 is 1.75 bits per heavy atom. The zero-order valence-electron chi connectivity index (χ0n) is 11.6. The van der Waals surface area contributed by atoms with Gasteiger partial charge in [-0.2, -0.15) is 0 Å². The molecule has 0 saturated heterocycles. The van der Waals surface area contributed by atoms with Gasteiger partial charge in [0.15, 0.2) is 9.84 Å². The minimum absolute atomic E-state index is 0.0190. The second-order valence-corrected chi connectivity index (χ2v) is 6.87. The van der Waals surface area contributed by atoms with Gasteiger partial charge < -0.3 is 4.90 Å². The maximum absolute atomic E-state index is 12.4. The van der Waals surface area contributed by atoms with E-state index >= 15 is 0 Å². The van der Waals surface area contributed by atoms with Gasteiger partial charge in [-0.3, -0.25) is 0 Å².